The number of nitrogens with zero attached hydrogens (tertiary/aromatic N) is 2. The van der Waals surface area contributed by atoms with E-state index < -0.39 is 0 Å². The van der Waals surface area contributed by atoms with E-state index in [0.29, 0.717) is 15.7 Å². The molecule has 1 aromatic carbocycles. The monoisotopic (exact) mass is 383 g/mol. The summed E-state index contributed by atoms with van der Waals surface area (Å²) in [5, 5.41) is 7.00. The van der Waals surface area contributed by atoms with E-state index in [1.807, 2.05) is 39.9 Å². The number of nitrogens with one attached hydrogen (secondary N) is 1. The van der Waals surface area contributed by atoms with Gasteiger partial charge in [-0.2, -0.15) is 0 Å². The van der Waals surface area contributed by atoms with E-state index in [2.05, 4.69) is 16.4 Å². The van der Waals surface area contributed by atoms with Gasteiger partial charge in [-0.3, -0.25) is 14.9 Å². The third-order valence-corrected chi connectivity index (χ3v) is 5.94. The standard InChI is InChI=1S/C19H17N3O2S2/c23-17(22-9-3-6-13-5-1-2-7-15(13)22)11-14-12-26-19(20-14)21-18(24)16-8-4-10-25-16/h1-2,4-5,7-8,10,12H,3,6,9,11H2,(H,20,21,24). The highest BCUT2D eigenvalue weighted by molar-refractivity contribution is 7.14. The van der Waals surface area contributed by atoms with Gasteiger partial charge in [0.05, 0.1) is 17.0 Å². The lowest BCUT2D eigenvalue weighted by molar-refractivity contribution is -0.118. The number of benzene rings is 1. The molecule has 0 aliphatic carbocycles. The fourth-order valence-corrected chi connectivity index (χ4v) is 4.38. The van der Waals surface area contributed by atoms with Crippen LogP contribution in [0.4, 0.5) is 10.8 Å². The average Bonchev–Trinajstić information content (AvgIpc) is 3.33. The molecule has 0 fully saturated rings. The molecule has 0 saturated heterocycles. The number of aryl methyl sites for hydroxylation is 1. The minimum absolute atomic E-state index is 0.0404. The Balaban J connectivity index is 1.43. The molecule has 0 atom stereocenters. The van der Waals surface area contributed by atoms with Crippen molar-refractivity contribution in [3.05, 3.63) is 63.3 Å². The molecule has 4 rings (SSSR count). The van der Waals surface area contributed by atoms with Gasteiger partial charge in [0.1, 0.15) is 0 Å². The number of anilines is 2. The predicted molar refractivity (Wildman–Crippen MR) is 105 cm³/mol. The van der Waals surface area contributed by atoms with E-state index in [-0.39, 0.29) is 18.2 Å². The molecular weight excluding hydrogens is 366 g/mol. The molecular formula is C19H17N3O2S2. The van der Waals surface area contributed by atoms with Crippen molar-refractivity contribution < 1.29 is 9.59 Å². The second-order valence-electron chi connectivity index (χ2n) is 6.03. The number of hydrogen-bond acceptors (Lipinski definition) is 5. The van der Waals surface area contributed by atoms with Gasteiger partial charge in [0.15, 0.2) is 5.13 Å². The molecule has 1 aliphatic heterocycles. The summed E-state index contributed by atoms with van der Waals surface area (Å²) in [6, 6.07) is 11.7. The zero-order valence-corrected chi connectivity index (χ0v) is 15.6. The predicted octanol–water partition coefficient (Wildman–Crippen LogP) is 3.98. The number of aromatic nitrogens is 1. The Morgan fingerprint density at radius 2 is 2.04 bits per heavy atom. The second kappa shape index (κ2) is 7.39. The van der Waals surface area contributed by atoms with Crippen molar-refractivity contribution in [3.63, 3.8) is 0 Å². The summed E-state index contributed by atoms with van der Waals surface area (Å²) in [7, 11) is 0. The zero-order chi connectivity index (χ0) is 17.9. The van der Waals surface area contributed by atoms with Gasteiger partial charge in [-0.1, -0.05) is 24.3 Å². The summed E-state index contributed by atoms with van der Waals surface area (Å²) in [4.78, 5) is 31.7. The second-order valence-corrected chi connectivity index (χ2v) is 7.84. The Labute approximate surface area is 159 Å². The molecule has 2 amide bonds. The number of thiophene rings is 1. The number of fused-ring (bicyclic) bond motifs is 1. The quantitative estimate of drug-likeness (QED) is 0.741. The lowest BCUT2D eigenvalue weighted by Gasteiger charge is -2.29. The number of thiazole rings is 1. The van der Waals surface area contributed by atoms with E-state index in [1.165, 1.54) is 28.2 Å². The SMILES string of the molecule is O=C(Nc1nc(CC(=O)N2CCCc3ccccc32)cs1)c1cccs1. The smallest absolute Gasteiger partial charge is 0.267 e. The lowest BCUT2D eigenvalue weighted by atomic mass is 10.0. The van der Waals surface area contributed by atoms with Crippen LogP contribution in [0.3, 0.4) is 0 Å². The molecule has 1 N–H and O–H groups in total. The van der Waals surface area contributed by atoms with Gasteiger partial charge in [-0.05, 0) is 35.9 Å². The van der Waals surface area contributed by atoms with Gasteiger partial charge < -0.3 is 4.90 Å². The molecule has 0 bridgehead atoms. The summed E-state index contributed by atoms with van der Waals surface area (Å²) in [5.74, 6) is -0.129. The molecule has 3 heterocycles. The Bertz CT molecular complexity index is 934. The average molecular weight is 383 g/mol. The first-order valence-corrected chi connectivity index (χ1v) is 10.1. The van der Waals surface area contributed by atoms with Crippen LogP contribution in [-0.2, 0) is 17.6 Å². The molecule has 3 aromatic rings. The molecule has 0 spiro atoms. The van der Waals surface area contributed by atoms with Crippen LogP contribution in [-0.4, -0.2) is 23.3 Å². The van der Waals surface area contributed by atoms with Crippen molar-refractivity contribution >= 4 is 45.3 Å². The van der Waals surface area contributed by atoms with E-state index in [0.717, 1.165) is 25.1 Å². The molecule has 26 heavy (non-hydrogen) atoms. The largest absolute Gasteiger partial charge is 0.312 e. The van der Waals surface area contributed by atoms with Crippen molar-refractivity contribution in [2.45, 2.75) is 19.3 Å². The lowest BCUT2D eigenvalue weighted by Crippen LogP contribution is -2.36. The van der Waals surface area contributed by atoms with Crippen molar-refractivity contribution in [2.75, 3.05) is 16.8 Å². The summed E-state index contributed by atoms with van der Waals surface area (Å²) in [6.07, 6.45) is 2.22. The third-order valence-electron chi connectivity index (χ3n) is 4.26. The molecule has 2 aromatic heterocycles. The minimum atomic E-state index is -0.169. The van der Waals surface area contributed by atoms with Crippen LogP contribution in [0.1, 0.15) is 27.3 Å². The third kappa shape index (κ3) is 3.54. The van der Waals surface area contributed by atoms with E-state index in [9.17, 15) is 9.59 Å². The van der Waals surface area contributed by atoms with Crippen LogP contribution < -0.4 is 10.2 Å². The zero-order valence-electron chi connectivity index (χ0n) is 14.0. The number of para-hydroxylation sites is 1. The van der Waals surface area contributed by atoms with Crippen LogP contribution in [0.25, 0.3) is 0 Å². The summed E-state index contributed by atoms with van der Waals surface area (Å²) in [5.41, 5.74) is 2.91. The first-order valence-electron chi connectivity index (χ1n) is 8.38. The maximum absolute atomic E-state index is 12.8. The summed E-state index contributed by atoms with van der Waals surface area (Å²) >= 11 is 2.72. The topological polar surface area (TPSA) is 62.3 Å². The maximum atomic E-state index is 12.8. The van der Waals surface area contributed by atoms with Gasteiger partial charge in [-0.15, -0.1) is 22.7 Å². The van der Waals surface area contributed by atoms with E-state index in [4.69, 9.17) is 0 Å². The fraction of sp³-hybridized carbons (Fsp3) is 0.211. The van der Waals surface area contributed by atoms with Crippen LogP contribution in [0.15, 0.2) is 47.2 Å². The molecule has 0 unspecified atom stereocenters. The van der Waals surface area contributed by atoms with Crippen LogP contribution in [0.2, 0.25) is 0 Å². The molecule has 1 aliphatic rings. The van der Waals surface area contributed by atoms with Crippen molar-refractivity contribution in [1.29, 1.82) is 0 Å². The molecule has 0 radical (unpaired) electrons. The van der Waals surface area contributed by atoms with Gasteiger partial charge in [0, 0.05) is 17.6 Å². The van der Waals surface area contributed by atoms with Gasteiger partial charge in [0.2, 0.25) is 5.91 Å². The molecule has 5 nitrogen and oxygen atoms in total. The first kappa shape index (κ1) is 16.9. The van der Waals surface area contributed by atoms with Crippen LogP contribution in [0.5, 0.6) is 0 Å². The summed E-state index contributed by atoms with van der Waals surface area (Å²) < 4.78 is 0. The van der Waals surface area contributed by atoms with Crippen LogP contribution in [0, 0.1) is 0 Å². The molecule has 0 saturated carbocycles. The summed E-state index contributed by atoms with van der Waals surface area (Å²) in [6.45, 7) is 0.738. The first-order chi connectivity index (χ1) is 12.7. The van der Waals surface area contributed by atoms with Gasteiger partial charge in [0.25, 0.3) is 5.91 Å². The van der Waals surface area contributed by atoms with Crippen LogP contribution >= 0.6 is 22.7 Å². The van der Waals surface area contributed by atoms with Gasteiger partial charge in [-0.25, -0.2) is 4.98 Å². The van der Waals surface area contributed by atoms with E-state index >= 15 is 0 Å². The Hall–Kier alpha value is -2.51. The Kier molecular flexibility index (Phi) is 4.81. The molecule has 7 heteroatoms. The van der Waals surface area contributed by atoms with Crippen molar-refractivity contribution in [1.82, 2.24) is 4.98 Å². The number of hydrogen-bond donors (Lipinski definition) is 1. The van der Waals surface area contributed by atoms with Crippen molar-refractivity contribution in [3.8, 4) is 0 Å². The Morgan fingerprint density at radius 1 is 1.15 bits per heavy atom. The minimum Gasteiger partial charge on any atom is -0.312 e. The highest BCUT2D eigenvalue weighted by Crippen LogP contribution is 2.27. The Morgan fingerprint density at radius 3 is 2.88 bits per heavy atom. The highest BCUT2D eigenvalue weighted by Gasteiger charge is 2.23. The fourth-order valence-electron chi connectivity index (χ4n) is 3.06. The highest BCUT2D eigenvalue weighted by atomic mass is 32.1. The van der Waals surface area contributed by atoms with E-state index in [1.54, 1.807) is 6.07 Å². The van der Waals surface area contributed by atoms with Crippen molar-refractivity contribution in [2.24, 2.45) is 0 Å². The molecule has 132 valence electrons. The maximum Gasteiger partial charge on any atom is 0.267 e. The van der Waals surface area contributed by atoms with Gasteiger partial charge >= 0.3 is 0 Å². The number of rotatable bonds is 4. The number of carbonyl (C=O) groups excluding carboxylic acids is 2. The number of carbonyl (C=O) groups is 2. The normalized spacial score (nSPS) is 13.3. The number of amides is 2.